The number of nitrogens with zero attached hydrogens (tertiary/aromatic N) is 2. The summed E-state index contributed by atoms with van der Waals surface area (Å²) in [4.78, 5) is 40.2. The maximum absolute atomic E-state index is 15.1. The molecule has 0 saturated heterocycles. The van der Waals surface area contributed by atoms with Gasteiger partial charge in [0.15, 0.2) is 28.9 Å². The van der Waals surface area contributed by atoms with Crippen molar-refractivity contribution in [3.63, 3.8) is 0 Å². The van der Waals surface area contributed by atoms with Crippen LogP contribution in [-0.4, -0.2) is 34.1 Å². The largest absolute Gasteiger partial charge is 0.503 e. The van der Waals surface area contributed by atoms with E-state index in [2.05, 4.69) is 5.32 Å². The van der Waals surface area contributed by atoms with Crippen molar-refractivity contribution in [3.05, 3.63) is 92.9 Å². The van der Waals surface area contributed by atoms with E-state index in [9.17, 15) is 23.9 Å². The molecule has 2 atom stereocenters. The second kappa shape index (κ2) is 9.58. The number of halogens is 2. The average molecular weight is 538 g/mol. The van der Waals surface area contributed by atoms with E-state index in [1.54, 1.807) is 5.01 Å². The molecule has 0 bridgehead atoms. The third kappa shape index (κ3) is 3.98. The lowest BCUT2D eigenvalue weighted by Crippen LogP contribution is -2.55. The van der Waals surface area contributed by atoms with E-state index in [1.807, 2.05) is 24.3 Å². The van der Waals surface area contributed by atoms with Gasteiger partial charge in [0.2, 0.25) is 11.3 Å². The van der Waals surface area contributed by atoms with E-state index in [0.717, 1.165) is 48.3 Å². The Morgan fingerprint density at radius 2 is 1.79 bits per heavy atom. The van der Waals surface area contributed by atoms with Gasteiger partial charge in [0.25, 0.3) is 0 Å². The number of ketones is 1. The predicted octanol–water partition coefficient (Wildman–Crippen LogP) is 4.04. The molecule has 1 aliphatic carbocycles. The molecule has 1 fully saturated rings. The molecule has 2 N–H and O–H groups in total. The zero-order valence-electron chi connectivity index (χ0n) is 20.3. The maximum atomic E-state index is 15.1. The summed E-state index contributed by atoms with van der Waals surface area (Å²) in [6.45, 7) is -0.0885. The number of aromatic hydroxyl groups is 1. The number of aromatic nitrogens is 1. The average Bonchev–Trinajstić information content (AvgIpc) is 3.36. The van der Waals surface area contributed by atoms with Gasteiger partial charge in [-0.2, -0.15) is 0 Å². The van der Waals surface area contributed by atoms with Crippen LogP contribution in [0.3, 0.4) is 0 Å². The number of amides is 1. The summed E-state index contributed by atoms with van der Waals surface area (Å²) in [6, 6.07) is 10.4. The van der Waals surface area contributed by atoms with Crippen molar-refractivity contribution in [2.24, 2.45) is 5.92 Å². The molecule has 10 heteroatoms. The molecule has 0 spiro atoms. The molecule has 196 valence electrons. The lowest BCUT2D eigenvalue weighted by Gasteiger charge is -2.42. The molecule has 3 aliphatic rings. The van der Waals surface area contributed by atoms with Crippen LogP contribution < -0.4 is 15.8 Å². The Hall–Kier alpha value is -3.66. The van der Waals surface area contributed by atoms with Gasteiger partial charge in [-0.15, -0.1) is 11.8 Å². The number of rotatable bonds is 3. The smallest absolute Gasteiger partial charge is 0.233 e. The molecule has 2 aromatic carbocycles. The molecule has 2 unspecified atom stereocenters. The summed E-state index contributed by atoms with van der Waals surface area (Å²) < 4.78 is 30.8. The van der Waals surface area contributed by atoms with Crippen molar-refractivity contribution in [3.8, 4) is 5.75 Å². The van der Waals surface area contributed by atoms with E-state index < -0.39 is 46.5 Å². The van der Waals surface area contributed by atoms with E-state index >= 15 is 4.39 Å². The summed E-state index contributed by atoms with van der Waals surface area (Å²) in [6.07, 6.45) is 5.00. The molecular formula is C28H25F2N3O4S. The maximum Gasteiger partial charge on any atom is 0.233 e. The van der Waals surface area contributed by atoms with Crippen molar-refractivity contribution in [1.82, 2.24) is 9.99 Å². The zero-order chi connectivity index (χ0) is 26.6. The van der Waals surface area contributed by atoms with Gasteiger partial charge in [-0.3, -0.25) is 24.1 Å². The van der Waals surface area contributed by atoms with Crippen molar-refractivity contribution >= 4 is 23.5 Å². The molecule has 7 nitrogen and oxygen atoms in total. The quantitative estimate of drug-likeness (QED) is 0.490. The van der Waals surface area contributed by atoms with Gasteiger partial charge >= 0.3 is 0 Å². The summed E-state index contributed by atoms with van der Waals surface area (Å²) in [5.74, 6) is -4.81. The summed E-state index contributed by atoms with van der Waals surface area (Å²) >= 11 is 1.37. The van der Waals surface area contributed by atoms with Gasteiger partial charge in [0.05, 0.1) is 12.6 Å². The van der Waals surface area contributed by atoms with Gasteiger partial charge in [0.1, 0.15) is 5.92 Å². The SMILES string of the molecule is O=C(NC1CCCC1)C1CN(C2c3ccccc3SCc3c2ccc(F)c3F)n2ccc(=O)c(O)c2C1=O. The van der Waals surface area contributed by atoms with Gasteiger partial charge in [-0.1, -0.05) is 37.1 Å². The van der Waals surface area contributed by atoms with Crippen molar-refractivity contribution in [2.45, 2.75) is 48.4 Å². The van der Waals surface area contributed by atoms with Crippen molar-refractivity contribution in [2.75, 3.05) is 11.6 Å². The zero-order valence-corrected chi connectivity index (χ0v) is 21.1. The Morgan fingerprint density at radius 1 is 1.03 bits per heavy atom. The number of pyridine rings is 1. The number of hydrogen-bond acceptors (Lipinski definition) is 6. The number of Topliss-reactive ketones (excluding diaryl/α,β-unsaturated/α-hetero) is 1. The first-order valence-electron chi connectivity index (χ1n) is 12.6. The van der Waals surface area contributed by atoms with Crippen LogP contribution in [0.15, 0.2) is 58.4 Å². The Morgan fingerprint density at radius 3 is 2.58 bits per heavy atom. The summed E-state index contributed by atoms with van der Waals surface area (Å²) in [5, 5.41) is 15.4. The normalized spacial score (nSPS) is 20.9. The van der Waals surface area contributed by atoms with Gasteiger partial charge in [0, 0.05) is 34.5 Å². The molecule has 2 aliphatic heterocycles. The number of carbonyl (C=O) groups is 2. The summed E-state index contributed by atoms with van der Waals surface area (Å²) in [5.41, 5.74) is 0.401. The van der Waals surface area contributed by atoms with E-state index in [1.165, 1.54) is 28.7 Å². The standard InChI is InChI=1S/C28H25F2N3O4S/c29-20-10-9-16-19(23(20)30)14-38-22-8-4-3-7-17(22)24(16)33-13-18(28(37)31-15-5-1-2-6-15)26(35)25-27(36)21(34)11-12-32(25)33/h3-4,7-12,15,18,24,36H,1-2,5-6,13-14H2,(H,31,37). The van der Waals surface area contributed by atoms with Crippen LogP contribution in [0.25, 0.3) is 0 Å². The Balaban J connectivity index is 1.54. The Labute approximate surface area is 221 Å². The highest BCUT2D eigenvalue weighted by atomic mass is 32.2. The fraction of sp³-hybridized carbons (Fsp3) is 0.321. The molecule has 6 rings (SSSR count). The number of benzene rings is 2. The number of carbonyl (C=O) groups excluding carboxylic acids is 2. The Bertz CT molecular complexity index is 1520. The highest BCUT2D eigenvalue weighted by Crippen LogP contribution is 2.44. The fourth-order valence-corrected chi connectivity index (χ4v) is 6.89. The second-order valence-corrected chi connectivity index (χ2v) is 10.9. The fourth-order valence-electron chi connectivity index (χ4n) is 5.77. The number of hydrogen-bond donors (Lipinski definition) is 2. The lowest BCUT2D eigenvalue weighted by atomic mass is 9.90. The summed E-state index contributed by atoms with van der Waals surface area (Å²) in [7, 11) is 0. The second-order valence-electron chi connectivity index (χ2n) is 9.91. The molecule has 3 heterocycles. The first-order valence-corrected chi connectivity index (χ1v) is 13.6. The first kappa shape index (κ1) is 24.7. The van der Waals surface area contributed by atoms with Gasteiger partial charge < -0.3 is 10.4 Å². The minimum Gasteiger partial charge on any atom is -0.503 e. The Kier molecular flexibility index (Phi) is 6.22. The molecule has 1 amide bonds. The van der Waals surface area contributed by atoms with E-state index in [0.29, 0.717) is 5.56 Å². The number of nitrogens with one attached hydrogen (secondary N) is 1. The predicted molar refractivity (Wildman–Crippen MR) is 138 cm³/mol. The third-order valence-corrected chi connectivity index (χ3v) is 8.79. The van der Waals surface area contributed by atoms with E-state index in [-0.39, 0.29) is 29.6 Å². The molecule has 38 heavy (non-hydrogen) atoms. The van der Waals surface area contributed by atoms with Crippen LogP contribution in [-0.2, 0) is 10.5 Å². The lowest BCUT2D eigenvalue weighted by molar-refractivity contribution is -0.124. The topological polar surface area (TPSA) is 91.6 Å². The number of fused-ring (bicyclic) bond motifs is 3. The number of thioether (sulfide) groups is 1. The van der Waals surface area contributed by atoms with E-state index in [4.69, 9.17) is 0 Å². The van der Waals surface area contributed by atoms with Crippen molar-refractivity contribution in [1.29, 1.82) is 0 Å². The highest BCUT2D eigenvalue weighted by molar-refractivity contribution is 7.98. The van der Waals surface area contributed by atoms with Crippen LogP contribution in [0.5, 0.6) is 5.75 Å². The molecule has 3 aromatic rings. The van der Waals surface area contributed by atoms with Crippen LogP contribution in [0, 0.1) is 17.6 Å². The molecular weight excluding hydrogens is 512 g/mol. The van der Waals surface area contributed by atoms with Crippen molar-refractivity contribution < 1.29 is 23.5 Å². The third-order valence-electron chi connectivity index (χ3n) is 7.68. The highest BCUT2D eigenvalue weighted by Gasteiger charge is 2.43. The van der Waals surface area contributed by atoms with Crippen LogP contribution >= 0.6 is 11.8 Å². The molecule has 0 radical (unpaired) electrons. The minimum atomic E-state index is -1.21. The monoisotopic (exact) mass is 537 g/mol. The van der Waals surface area contributed by atoms with Gasteiger partial charge in [-0.25, -0.2) is 8.78 Å². The minimum absolute atomic E-state index is 0.0370. The van der Waals surface area contributed by atoms with Crippen LogP contribution in [0.2, 0.25) is 0 Å². The van der Waals surface area contributed by atoms with Crippen LogP contribution in [0.4, 0.5) is 8.78 Å². The molecule has 1 aromatic heterocycles. The van der Waals surface area contributed by atoms with Crippen LogP contribution in [0.1, 0.15) is 58.9 Å². The first-order chi connectivity index (χ1) is 18.3. The molecule has 1 saturated carbocycles. The van der Waals surface area contributed by atoms with Gasteiger partial charge in [-0.05, 0) is 36.1 Å².